The molecule has 2 aliphatic heterocycles. The van der Waals surface area contributed by atoms with Crippen molar-refractivity contribution >= 4 is 0 Å². The zero-order valence-corrected chi connectivity index (χ0v) is 10.7. The van der Waals surface area contributed by atoms with Crippen LogP contribution in [0.25, 0.3) is 0 Å². The molecule has 3 nitrogen and oxygen atoms in total. The lowest BCUT2D eigenvalue weighted by molar-refractivity contribution is 0.00263. The maximum atomic E-state index is 5.62. The van der Waals surface area contributed by atoms with Gasteiger partial charge in [0.15, 0.2) is 0 Å². The summed E-state index contributed by atoms with van der Waals surface area (Å²) in [4.78, 5) is 2.64. The van der Waals surface area contributed by atoms with Crippen LogP contribution < -0.4 is 5.32 Å². The van der Waals surface area contributed by atoms with Gasteiger partial charge in [-0.15, -0.1) is 0 Å². The minimum atomic E-state index is 0.633. The smallest absolute Gasteiger partial charge is 0.0621 e. The van der Waals surface area contributed by atoms with Gasteiger partial charge >= 0.3 is 0 Å². The SMILES string of the molecule is CC(C)N(CC1CCCN1)C1CCCOC1. The minimum absolute atomic E-state index is 0.633. The van der Waals surface area contributed by atoms with Crippen LogP contribution in [0.5, 0.6) is 0 Å². The third kappa shape index (κ3) is 3.19. The highest BCUT2D eigenvalue weighted by atomic mass is 16.5. The van der Waals surface area contributed by atoms with Crippen molar-refractivity contribution < 1.29 is 4.74 Å². The first kappa shape index (κ1) is 12.3. The number of nitrogens with zero attached hydrogens (tertiary/aromatic N) is 1. The zero-order valence-electron chi connectivity index (χ0n) is 10.7. The summed E-state index contributed by atoms with van der Waals surface area (Å²) in [6.45, 7) is 8.92. The number of nitrogens with one attached hydrogen (secondary N) is 1. The average Bonchev–Trinajstić information content (AvgIpc) is 2.79. The van der Waals surface area contributed by atoms with Crippen LogP contribution in [-0.2, 0) is 4.74 Å². The van der Waals surface area contributed by atoms with Gasteiger partial charge in [0.1, 0.15) is 0 Å². The lowest BCUT2D eigenvalue weighted by Crippen LogP contribution is -2.49. The van der Waals surface area contributed by atoms with E-state index in [1.54, 1.807) is 0 Å². The van der Waals surface area contributed by atoms with Crippen molar-refractivity contribution in [2.45, 2.75) is 57.7 Å². The third-order valence-electron chi connectivity index (χ3n) is 3.86. The van der Waals surface area contributed by atoms with E-state index in [1.807, 2.05) is 0 Å². The molecule has 2 saturated heterocycles. The van der Waals surface area contributed by atoms with Gasteiger partial charge in [-0.1, -0.05) is 0 Å². The normalized spacial score (nSPS) is 31.5. The second kappa shape index (κ2) is 5.99. The van der Waals surface area contributed by atoms with Crippen LogP contribution in [0.1, 0.15) is 39.5 Å². The van der Waals surface area contributed by atoms with E-state index in [-0.39, 0.29) is 0 Å². The standard InChI is InChI=1S/C13H26N2O/c1-11(2)15(9-12-5-3-7-14-12)13-6-4-8-16-10-13/h11-14H,3-10H2,1-2H3. The Bertz CT molecular complexity index is 196. The molecule has 2 aliphatic rings. The lowest BCUT2D eigenvalue weighted by Gasteiger charge is -2.38. The molecule has 94 valence electrons. The summed E-state index contributed by atoms with van der Waals surface area (Å²) in [5.41, 5.74) is 0. The highest BCUT2D eigenvalue weighted by Gasteiger charge is 2.27. The van der Waals surface area contributed by atoms with Crippen LogP contribution in [0.2, 0.25) is 0 Å². The first-order valence-corrected chi connectivity index (χ1v) is 6.84. The molecule has 0 bridgehead atoms. The fraction of sp³-hybridized carbons (Fsp3) is 1.00. The van der Waals surface area contributed by atoms with Crippen LogP contribution in [0, 0.1) is 0 Å². The molecule has 2 atom stereocenters. The van der Waals surface area contributed by atoms with E-state index in [0.29, 0.717) is 18.1 Å². The number of rotatable bonds is 4. The first-order chi connectivity index (χ1) is 7.77. The Morgan fingerprint density at radius 1 is 1.31 bits per heavy atom. The summed E-state index contributed by atoms with van der Waals surface area (Å²) < 4.78 is 5.62. The van der Waals surface area contributed by atoms with Crippen LogP contribution in [0.15, 0.2) is 0 Å². The van der Waals surface area contributed by atoms with Gasteiger partial charge in [0.2, 0.25) is 0 Å². The molecule has 2 heterocycles. The Hall–Kier alpha value is -0.120. The maximum absolute atomic E-state index is 5.62. The van der Waals surface area contributed by atoms with Crippen LogP contribution in [0.4, 0.5) is 0 Å². The Labute approximate surface area is 99.5 Å². The molecule has 2 rings (SSSR count). The van der Waals surface area contributed by atoms with Crippen molar-refractivity contribution in [3.8, 4) is 0 Å². The summed E-state index contributed by atoms with van der Waals surface area (Å²) >= 11 is 0. The number of hydrogen-bond acceptors (Lipinski definition) is 3. The Balaban J connectivity index is 1.87. The van der Waals surface area contributed by atoms with Crippen molar-refractivity contribution in [1.29, 1.82) is 0 Å². The molecule has 0 aromatic heterocycles. The van der Waals surface area contributed by atoms with Gasteiger partial charge < -0.3 is 10.1 Å². The maximum Gasteiger partial charge on any atom is 0.0621 e. The van der Waals surface area contributed by atoms with E-state index in [1.165, 1.54) is 38.8 Å². The van der Waals surface area contributed by atoms with E-state index in [0.717, 1.165) is 13.2 Å². The molecule has 0 aromatic carbocycles. The van der Waals surface area contributed by atoms with Crippen molar-refractivity contribution in [1.82, 2.24) is 10.2 Å². The average molecular weight is 226 g/mol. The van der Waals surface area contributed by atoms with E-state index in [9.17, 15) is 0 Å². The summed E-state index contributed by atoms with van der Waals surface area (Å²) in [7, 11) is 0. The zero-order chi connectivity index (χ0) is 11.4. The Kier molecular flexibility index (Phi) is 4.62. The second-order valence-electron chi connectivity index (χ2n) is 5.45. The van der Waals surface area contributed by atoms with Crippen molar-refractivity contribution in [2.75, 3.05) is 26.3 Å². The van der Waals surface area contributed by atoms with Gasteiger partial charge in [0, 0.05) is 31.3 Å². The number of ether oxygens (including phenoxy) is 1. The third-order valence-corrected chi connectivity index (χ3v) is 3.86. The molecular formula is C13H26N2O. The molecule has 0 spiro atoms. The van der Waals surface area contributed by atoms with Crippen LogP contribution in [-0.4, -0.2) is 49.3 Å². The molecule has 0 saturated carbocycles. The molecular weight excluding hydrogens is 200 g/mol. The Morgan fingerprint density at radius 3 is 2.75 bits per heavy atom. The van der Waals surface area contributed by atoms with Crippen molar-refractivity contribution in [3.63, 3.8) is 0 Å². The molecule has 2 fully saturated rings. The van der Waals surface area contributed by atoms with Gasteiger partial charge in [-0.3, -0.25) is 4.90 Å². The first-order valence-electron chi connectivity index (χ1n) is 6.84. The molecule has 0 aromatic rings. The van der Waals surface area contributed by atoms with Crippen molar-refractivity contribution in [2.24, 2.45) is 0 Å². The van der Waals surface area contributed by atoms with E-state index >= 15 is 0 Å². The molecule has 1 N–H and O–H groups in total. The molecule has 0 radical (unpaired) electrons. The van der Waals surface area contributed by atoms with Gasteiger partial charge in [0.05, 0.1) is 6.61 Å². The summed E-state index contributed by atoms with van der Waals surface area (Å²) in [6.07, 6.45) is 5.23. The fourth-order valence-electron chi connectivity index (χ4n) is 2.93. The summed E-state index contributed by atoms with van der Waals surface area (Å²) in [5, 5.41) is 3.60. The predicted molar refractivity (Wildman–Crippen MR) is 66.7 cm³/mol. The van der Waals surface area contributed by atoms with E-state index in [4.69, 9.17) is 4.74 Å². The topological polar surface area (TPSA) is 24.5 Å². The highest BCUT2D eigenvalue weighted by Crippen LogP contribution is 2.18. The highest BCUT2D eigenvalue weighted by molar-refractivity contribution is 4.84. The molecule has 0 amide bonds. The van der Waals surface area contributed by atoms with Gasteiger partial charge in [-0.25, -0.2) is 0 Å². The van der Waals surface area contributed by atoms with E-state index in [2.05, 4.69) is 24.1 Å². The fourth-order valence-corrected chi connectivity index (χ4v) is 2.93. The monoisotopic (exact) mass is 226 g/mol. The number of hydrogen-bond donors (Lipinski definition) is 1. The quantitative estimate of drug-likeness (QED) is 0.788. The van der Waals surface area contributed by atoms with Crippen LogP contribution >= 0.6 is 0 Å². The molecule has 3 heteroatoms. The molecule has 2 unspecified atom stereocenters. The molecule has 16 heavy (non-hydrogen) atoms. The predicted octanol–water partition coefficient (Wildman–Crippen LogP) is 1.63. The van der Waals surface area contributed by atoms with Gasteiger partial charge in [-0.2, -0.15) is 0 Å². The Morgan fingerprint density at radius 2 is 2.19 bits per heavy atom. The van der Waals surface area contributed by atoms with Gasteiger partial charge in [0.25, 0.3) is 0 Å². The molecule has 0 aliphatic carbocycles. The largest absolute Gasteiger partial charge is 0.380 e. The van der Waals surface area contributed by atoms with Gasteiger partial charge in [-0.05, 0) is 46.1 Å². The second-order valence-corrected chi connectivity index (χ2v) is 5.45. The summed E-state index contributed by atoms with van der Waals surface area (Å²) in [6, 6.07) is 1.99. The van der Waals surface area contributed by atoms with Crippen LogP contribution in [0.3, 0.4) is 0 Å². The summed E-state index contributed by atoms with van der Waals surface area (Å²) in [5.74, 6) is 0. The lowest BCUT2D eigenvalue weighted by atomic mass is 10.1. The van der Waals surface area contributed by atoms with E-state index < -0.39 is 0 Å². The van der Waals surface area contributed by atoms with Crippen molar-refractivity contribution in [3.05, 3.63) is 0 Å². The minimum Gasteiger partial charge on any atom is -0.380 e.